The number of nitriles is 1. The van der Waals surface area contributed by atoms with Crippen molar-refractivity contribution in [1.82, 2.24) is 14.5 Å². The summed E-state index contributed by atoms with van der Waals surface area (Å²) >= 11 is 0. The van der Waals surface area contributed by atoms with E-state index in [0.717, 1.165) is 50.1 Å². The Hall–Kier alpha value is -5.53. The van der Waals surface area contributed by atoms with E-state index >= 15 is 0 Å². The summed E-state index contributed by atoms with van der Waals surface area (Å²) in [4.78, 5) is 9.91. The van der Waals surface area contributed by atoms with Crippen LogP contribution in [0.1, 0.15) is 5.56 Å². The summed E-state index contributed by atoms with van der Waals surface area (Å²) in [6, 6.07) is 45.3. The predicted octanol–water partition coefficient (Wildman–Crippen LogP) is 8.45. The summed E-state index contributed by atoms with van der Waals surface area (Å²) in [5.41, 5.74) is 8.88. The zero-order valence-corrected chi connectivity index (χ0v) is 21.0. The molecule has 4 aromatic carbocycles. The molecule has 0 saturated carbocycles. The van der Waals surface area contributed by atoms with E-state index in [9.17, 15) is 5.26 Å². The van der Waals surface area contributed by atoms with Gasteiger partial charge in [0.15, 0.2) is 0 Å². The number of benzene rings is 4. The van der Waals surface area contributed by atoms with Gasteiger partial charge in [0.2, 0.25) is 0 Å². The van der Waals surface area contributed by atoms with Crippen molar-refractivity contribution >= 4 is 21.8 Å². The summed E-state index contributed by atoms with van der Waals surface area (Å²) in [5.74, 6) is 0.818. The number of aromatic nitrogens is 3. The van der Waals surface area contributed by atoms with Crippen LogP contribution in [-0.2, 0) is 0 Å². The Morgan fingerprint density at radius 1 is 0.538 bits per heavy atom. The summed E-state index contributed by atoms with van der Waals surface area (Å²) in [6.45, 7) is 0. The molecule has 0 fully saturated rings. The molecule has 39 heavy (non-hydrogen) atoms. The van der Waals surface area contributed by atoms with Gasteiger partial charge in [-0.3, -0.25) is 9.55 Å². The summed E-state index contributed by atoms with van der Waals surface area (Å²) < 4.78 is 2.19. The number of pyridine rings is 2. The van der Waals surface area contributed by atoms with Gasteiger partial charge in [-0.15, -0.1) is 0 Å². The van der Waals surface area contributed by atoms with Crippen LogP contribution in [0, 0.1) is 11.3 Å². The molecule has 0 N–H and O–H groups in total. The highest BCUT2D eigenvalue weighted by Crippen LogP contribution is 2.36. The Balaban J connectivity index is 1.46. The van der Waals surface area contributed by atoms with E-state index in [0.29, 0.717) is 5.56 Å². The molecule has 0 amide bonds. The highest BCUT2D eigenvalue weighted by atomic mass is 15.1. The molecule has 7 aromatic rings. The number of rotatable bonds is 4. The molecule has 182 valence electrons. The van der Waals surface area contributed by atoms with Crippen LogP contribution in [0.15, 0.2) is 134 Å². The Morgan fingerprint density at radius 3 is 1.95 bits per heavy atom. The second-order valence-electron chi connectivity index (χ2n) is 9.46. The monoisotopic (exact) mass is 498 g/mol. The topological polar surface area (TPSA) is 54.5 Å². The maximum Gasteiger partial charge on any atom is 0.138 e. The zero-order valence-electron chi connectivity index (χ0n) is 21.0. The lowest BCUT2D eigenvalue weighted by Gasteiger charge is -2.10. The second-order valence-corrected chi connectivity index (χ2v) is 9.46. The van der Waals surface area contributed by atoms with Gasteiger partial charge in [0.1, 0.15) is 5.82 Å². The molecule has 3 aromatic heterocycles. The van der Waals surface area contributed by atoms with Gasteiger partial charge in [0.05, 0.1) is 40.3 Å². The molecule has 0 saturated heterocycles. The molecule has 0 aliphatic carbocycles. The Bertz CT molecular complexity index is 1900. The second kappa shape index (κ2) is 9.41. The average Bonchev–Trinajstić information content (AvgIpc) is 3.35. The van der Waals surface area contributed by atoms with Crippen LogP contribution in [0.5, 0.6) is 0 Å². The minimum Gasteiger partial charge on any atom is -0.292 e. The molecule has 4 heteroatoms. The maximum atomic E-state index is 9.18. The molecule has 0 aliphatic rings. The first kappa shape index (κ1) is 22.7. The van der Waals surface area contributed by atoms with Crippen LogP contribution < -0.4 is 0 Å². The first-order chi connectivity index (χ1) is 19.3. The molecular formula is C35H22N4. The van der Waals surface area contributed by atoms with E-state index in [2.05, 4.69) is 71.3 Å². The molecule has 0 bridgehead atoms. The van der Waals surface area contributed by atoms with Gasteiger partial charge in [-0.25, -0.2) is 4.98 Å². The normalized spacial score (nSPS) is 11.1. The number of fused-ring (bicyclic) bond motifs is 3. The summed E-state index contributed by atoms with van der Waals surface area (Å²) in [5, 5.41) is 11.5. The van der Waals surface area contributed by atoms with Crippen molar-refractivity contribution in [3.63, 3.8) is 0 Å². The Labute approximate surface area is 226 Å². The smallest absolute Gasteiger partial charge is 0.138 e. The summed E-state index contributed by atoms with van der Waals surface area (Å²) in [6.07, 6.45) is 1.95. The van der Waals surface area contributed by atoms with Crippen LogP contribution in [0.4, 0.5) is 0 Å². The standard InChI is InChI=1S/C35H22N4/c36-22-24-14-16-27(17-15-24)31-12-7-13-35(38-31)39-33-19-18-28(25-8-3-1-4-9-25)20-29(33)30-21-32(37-23-34(30)39)26-10-5-2-6-11-26/h1-21,23H. The minimum absolute atomic E-state index is 0.631. The SMILES string of the molecule is N#Cc1ccc(-c2cccc(-n3c4ccc(-c5ccccc5)cc4c4cc(-c5ccccc5)ncc43)n2)cc1. The van der Waals surface area contributed by atoms with E-state index < -0.39 is 0 Å². The van der Waals surface area contributed by atoms with E-state index in [1.807, 2.05) is 72.9 Å². The van der Waals surface area contributed by atoms with Crippen LogP contribution in [0.2, 0.25) is 0 Å². The Kier molecular flexibility index (Phi) is 5.46. The lowest BCUT2D eigenvalue weighted by atomic mass is 10.0. The van der Waals surface area contributed by atoms with E-state index in [1.165, 1.54) is 11.1 Å². The highest BCUT2D eigenvalue weighted by molar-refractivity contribution is 6.11. The fourth-order valence-corrected chi connectivity index (χ4v) is 5.17. The molecule has 0 spiro atoms. The molecule has 0 unspecified atom stereocenters. The van der Waals surface area contributed by atoms with Crippen molar-refractivity contribution in [2.45, 2.75) is 0 Å². The van der Waals surface area contributed by atoms with Gasteiger partial charge in [0.25, 0.3) is 0 Å². The first-order valence-electron chi connectivity index (χ1n) is 12.8. The van der Waals surface area contributed by atoms with Gasteiger partial charge in [-0.05, 0) is 53.6 Å². The van der Waals surface area contributed by atoms with Crippen molar-refractivity contribution in [2.75, 3.05) is 0 Å². The maximum absolute atomic E-state index is 9.18. The quantitative estimate of drug-likeness (QED) is 0.245. The molecule has 0 aliphatic heterocycles. The molecule has 3 heterocycles. The number of hydrogen-bond donors (Lipinski definition) is 0. The van der Waals surface area contributed by atoms with Gasteiger partial charge in [-0.2, -0.15) is 5.26 Å². The van der Waals surface area contributed by atoms with Crippen molar-refractivity contribution in [3.8, 4) is 45.5 Å². The van der Waals surface area contributed by atoms with Gasteiger partial charge < -0.3 is 0 Å². The number of hydrogen-bond acceptors (Lipinski definition) is 3. The van der Waals surface area contributed by atoms with Gasteiger partial charge in [0, 0.05) is 21.9 Å². The fraction of sp³-hybridized carbons (Fsp3) is 0. The Morgan fingerprint density at radius 2 is 1.21 bits per heavy atom. The third-order valence-corrected chi connectivity index (χ3v) is 7.10. The van der Waals surface area contributed by atoms with Crippen LogP contribution in [0.3, 0.4) is 0 Å². The predicted molar refractivity (Wildman–Crippen MR) is 157 cm³/mol. The average molecular weight is 499 g/mol. The molecule has 0 atom stereocenters. The lowest BCUT2D eigenvalue weighted by Crippen LogP contribution is -1.99. The highest BCUT2D eigenvalue weighted by Gasteiger charge is 2.16. The molecule has 4 nitrogen and oxygen atoms in total. The van der Waals surface area contributed by atoms with E-state index in [1.54, 1.807) is 0 Å². The third-order valence-electron chi connectivity index (χ3n) is 7.10. The fourth-order valence-electron chi connectivity index (χ4n) is 5.17. The largest absolute Gasteiger partial charge is 0.292 e. The third kappa shape index (κ3) is 4.03. The number of nitrogens with zero attached hydrogens (tertiary/aromatic N) is 4. The van der Waals surface area contributed by atoms with E-state index in [4.69, 9.17) is 9.97 Å². The van der Waals surface area contributed by atoms with Crippen LogP contribution in [0.25, 0.3) is 61.3 Å². The van der Waals surface area contributed by atoms with Gasteiger partial charge in [-0.1, -0.05) is 84.9 Å². The van der Waals surface area contributed by atoms with E-state index in [-0.39, 0.29) is 0 Å². The molecular weight excluding hydrogens is 476 g/mol. The van der Waals surface area contributed by atoms with Crippen LogP contribution in [-0.4, -0.2) is 14.5 Å². The lowest BCUT2D eigenvalue weighted by molar-refractivity contribution is 1.08. The first-order valence-corrected chi connectivity index (χ1v) is 12.8. The molecule has 7 rings (SSSR count). The van der Waals surface area contributed by atoms with Crippen molar-refractivity contribution in [3.05, 3.63) is 139 Å². The van der Waals surface area contributed by atoms with Gasteiger partial charge >= 0.3 is 0 Å². The minimum atomic E-state index is 0.631. The van der Waals surface area contributed by atoms with Crippen LogP contribution >= 0.6 is 0 Å². The molecule has 0 radical (unpaired) electrons. The van der Waals surface area contributed by atoms with Crippen molar-refractivity contribution in [2.24, 2.45) is 0 Å². The van der Waals surface area contributed by atoms with Crippen molar-refractivity contribution in [1.29, 1.82) is 5.26 Å². The summed E-state index contributed by atoms with van der Waals surface area (Å²) in [7, 11) is 0. The van der Waals surface area contributed by atoms with Crippen molar-refractivity contribution < 1.29 is 0 Å². The zero-order chi connectivity index (χ0) is 26.2.